The van der Waals surface area contributed by atoms with Gasteiger partial charge in [-0.1, -0.05) is 12.1 Å². The van der Waals surface area contributed by atoms with E-state index in [2.05, 4.69) is 10.5 Å². The third-order valence-corrected chi connectivity index (χ3v) is 3.94. The van der Waals surface area contributed by atoms with Gasteiger partial charge in [-0.15, -0.1) is 0 Å². The Morgan fingerprint density at radius 1 is 1.00 bits per heavy atom. The van der Waals surface area contributed by atoms with Gasteiger partial charge in [0.25, 0.3) is 5.91 Å². The molecule has 1 amide bonds. The van der Waals surface area contributed by atoms with Crippen LogP contribution in [0.2, 0.25) is 0 Å². The molecule has 7 heteroatoms. The molecule has 0 spiro atoms. The maximum Gasteiger partial charge on any atom is 0.277 e. The van der Waals surface area contributed by atoms with Gasteiger partial charge in [0.15, 0.2) is 18.1 Å². The molecule has 0 atom stereocenters. The van der Waals surface area contributed by atoms with Gasteiger partial charge in [-0.2, -0.15) is 5.10 Å². The minimum Gasteiger partial charge on any atom is -0.497 e. The first-order valence-electron chi connectivity index (χ1n) is 8.61. The van der Waals surface area contributed by atoms with Crippen LogP contribution in [-0.2, 0) is 4.79 Å². The molecule has 1 N–H and O–H groups in total. The van der Waals surface area contributed by atoms with E-state index in [0.717, 1.165) is 17.1 Å². The fraction of sp³-hybridized carbons (Fsp3) is 0.143. The van der Waals surface area contributed by atoms with Crippen molar-refractivity contribution in [3.8, 4) is 22.9 Å². The molecule has 0 fully saturated rings. The van der Waals surface area contributed by atoms with Crippen molar-refractivity contribution < 1.29 is 19.0 Å². The third-order valence-electron chi connectivity index (χ3n) is 3.94. The van der Waals surface area contributed by atoms with E-state index < -0.39 is 0 Å². The number of carbonyl (C=O) groups excluding carboxylic acids is 1. The van der Waals surface area contributed by atoms with Crippen LogP contribution in [0.25, 0.3) is 5.69 Å². The van der Waals surface area contributed by atoms with Crippen LogP contribution in [0.3, 0.4) is 0 Å². The van der Waals surface area contributed by atoms with Crippen LogP contribution in [0.4, 0.5) is 0 Å². The van der Waals surface area contributed by atoms with Crippen LogP contribution < -0.4 is 19.6 Å². The van der Waals surface area contributed by atoms with Gasteiger partial charge >= 0.3 is 0 Å². The number of carbonyl (C=O) groups is 1. The second-order valence-corrected chi connectivity index (χ2v) is 5.73. The van der Waals surface area contributed by atoms with Crippen molar-refractivity contribution in [3.63, 3.8) is 0 Å². The fourth-order valence-corrected chi connectivity index (χ4v) is 2.56. The Balaban J connectivity index is 1.57. The number of rotatable bonds is 8. The highest BCUT2D eigenvalue weighted by atomic mass is 16.5. The topological polar surface area (TPSA) is 74.1 Å². The Morgan fingerprint density at radius 2 is 1.75 bits per heavy atom. The summed E-state index contributed by atoms with van der Waals surface area (Å²) in [5.41, 5.74) is 4.23. The Morgan fingerprint density at radius 3 is 2.46 bits per heavy atom. The van der Waals surface area contributed by atoms with Crippen molar-refractivity contribution >= 4 is 12.1 Å². The molecule has 0 aliphatic heterocycles. The normalized spacial score (nSPS) is 10.6. The van der Waals surface area contributed by atoms with Crippen LogP contribution >= 0.6 is 0 Å². The van der Waals surface area contributed by atoms with Crippen molar-refractivity contribution in [2.45, 2.75) is 0 Å². The highest BCUT2D eigenvalue weighted by Crippen LogP contribution is 2.25. The van der Waals surface area contributed by atoms with E-state index in [1.54, 1.807) is 38.6 Å². The van der Waals surface area contributed by atoms with Crippen LogP contribution in [-0.4, -0.2) is 37.5 Å². The number of aromatic nitrogens is 1. The number of para-hydroxylation sites is 2. The highest BCUT2D eigenvalue weighted by molar-refractivity contribution is 5.82. The molecule has 2 aromatic carbocycles. The maximum atomic E-state index is 12.0. The smallest absolute Gasteiger partial charge is 0.277 e. The zero-order chi connectivity index (χ0) is 19.8. The second-order valence-electron chi connectivity index (χ2n) is 5.73. The average molecular weight is 379 g/mol. The lowest BCUT2D eigenvalue weighted by Crippen LogP contribution is -2.24. The first-order chi connectivity index (χ1) is 13.7. The molecule has 1 heterocycles. The number of hydrogen-bond acceptors (Lipinski definition) is 5. The standard InChI is InChI=1S/C21H21N3O4/c1-26-18-11-9-16(10-12-18)24-13-5-6-17(24)14-22-23-21(25)15-28-20-8-4-3-7-19(20)27-2/h3-14H,15H2,1-2H3,(H,23,25)/b22-14+. The van der Waals surface area contributed by atoms with Crippen molar-refractivity contribution in [1.82, 2.24) is 9.99 Å². The zero-order valence-electron chi connectivity index (χ0n) is 15.7. The molecule has 0 unspecified atom stereocenters. The number of ether oxygens (including phenoxy) is 3. The zero-order valence-corrected chi connectivity index (χ0v) is 15.7. The quantitative estimate of drug-likeness (QED) is 0.482. The number of nitrogens with zero attached hydrogens (tertiary/aromatic N) is 2. The van der Waals surface area contributed by atoms with Gasteiger partial charge in [-0.3, -0.25) is 4.79 Å². The number of hydrogen-bond donors (Lipinski definition) is 1. The maximum absolute atomic E-state index is 12.0. The molecular formula is C21H21N3O4. The summed E-state index contributed by atoms with van der Waals surface area (Å²) in [7, 11) is 3.17. The van der Waals surface area contributed by atoms with Gasteiger partial charge in [0.05, 0.1) is 26.1 Å². The minimum atomic E-state index is -0.371. The van der Waals surface area contributed by atoms with Crippen LogP contribution in [0.5, 0.6) is 17.2 Å². The lowest BCUT2D eigenvalue weighted by atomic mass is 10.3. The first kappa shape index (κ1) is 19.0. The van der Waals surface area contributed by atoms with Crippen LogP contribution in [0, 0.1) is 0 Å². The van der Waals surface area contributed by atoms with Crippen LogP contribution in [0.1, 0.15) is 5.69 Å². The monoisotopic (exact) mass is 379 g/mol. The number of hydrazone groups is 1. The molecule has 3 rings (SSSR count). The first-order valence-corrected chi connectivity index (χ1v) is 8.61. The molecule has 0 saturated carbocycles. The highest BCUT2D eigenvalue weighted by Gasteiger charge is 2.06. The number of benzene rings is 2. The van der Waals surface area contributed by atoms with E-state index in [-0.39, 0.29) is 12.5 Å². The Kier molecular flexibility index (Phi) is 6.30. The summed E-state index contributed by atoms with van der Waals surface area (Å²) in [5, 5.41) is 4.01. The van der Waals surface area contributed by atoms with Crippen molar-refractivity contribution in [2.75, 3.05) is 20.8 Å². The van der Waals surface area contributed by atoms with Crippen LogP contribution in [0.15, 0.2) is 72.0 Å². The molecule has 144 valence electrons. The third kappa shape index (κ3) is 4.70. The molecule has 0 aliphatic rings. The van der Waals surface area contributed by atoms with E-state index in [1.165, 1.54) is 0 Å². The predicted octanol–water partition coefficient (Wildman–Crippen LogP) is 3.02. The van der Waals surface area contributed by atoms with Crippen molar-refractivity contribution in [2.24, 2.45) is 5.10 Å². The summed E-state index contributed by atoms with van der Waals surface area (Å²) < 4.78 is 17.8. The Hall–Kier alpha value is -3.74. The molecule has 0 saturated heterocycles. The summed E-state index contributed by atoms with van der Waals surface area (Å²) in [6, 6.07) is 18.6. The van der Waals surface area contributed by atoms with Gasteiger partial charge in [-0.05, 0) is 48.5 Å². The molecule has 28 heavy (non-hydrogen) atoms. The molecule has 0 bridgehead atoms. The van der Waals surface area contributed by atoms with E-state index in [1.807, 2.05) is 53.2 Å². The summed E-state index contributed by atoms with van der Waals surface area (Å²) in [4.78, 5) is 12.0. The fourth-order valence-electron chi connectivity index (χ4n) is 2.56. The second kappa shape index (κ2) is 9.27. The summed E-state index contributed by atoms with van der Waals surface area (Å²) in [6.07, 6.45) is 3.49. The number of nitrogens with one attached hydrogen (secondary N) is 1. The summed E-state index contributed by atoms with van der Waals surface area (Å²) >= 11 is 0. The SMILES string of the molecule is COc1ccc(-n2cccc2/C=N/NC(=O)COc2ccccc2OC)cc1. The lowest BCUT2D eigenvalue weighted by Gasteiger charge is -2.09. The van der Waals surface area contributed by atoms with E-state index in [4.69, 9.17) is 14.2 Å². The summed E-state index contributed by atoms with van der Waals surface area (Å²) in [5.74, 6) is 1.48. The Labute approximate surface area is 163 Å². The van der Waals surface area contributed by atoms with E-state index in [9.17, 15) is 4.79 Å². The van der Waals surface area contributed by atoms with E-state index >= 15 is 0 Å². The van der Waals surface area contributed by atoms with Crippen molar-refractivity contribution in [1.29, 1.82) is 0 Å². The van der Waals surface area contributed by atoms with Crippen molar-refractivity contribution in [3.05, 3.63) is 72.6 Å². The largest absolute Gasteiger partial charge is 0.497 e. The van der Waals surface area contributed by atoms with Gasteiger partial charge in [0.1, 0.15) is 5.75 Å². The molecule has 7 nitrogen and oxygen atoms in total. The lowest BCUT2D eigenvalue weighted by molar-refractivity contribution is -0.123. The molecule has 1 aromatic heterocycles. The number of amides is 1. The number of methoxy groups -OCH3 is 2. The van der Waals surface area contributed by atoms with Gasteiger partial charge in [0, 0.05) is 11.9 Å². The van der Waals surface area contributed by atoms with Gasteiger partial charge < -0.3 is 18.8 Å². The summed E-state index contributed by atoms with van der Waals surface area (Å²) in [6.45, 7) is -0.169. The molecule has 0 radical (unpaired) electrons. The van der Waals surface area contributed by atoms with Gasteiger partial charge in [0.2, 0.25) is 0 Å². The Bertz CT molecular complexity index is 948. The van der Waals surface area contributed by atoms with E-state index in [0.29, 0.717) is 11.5 Å². The minimum absolute atomic E-state index is 0.169. The molecular weight excluding hydrogens is 358 g/mol. The predicted molar refractivity (Wildman–Crippen MR) is 107 cm³/mol. The average Bonchev–Trinajstić information content (AvgIpc) is 3.21. The molecule has 3 aromatic rings. The van der Waals surface area contributed by atoms with Gasteiger partial charge in [-0.25, -0.2) is 5.43 Å². The molecule has 0 aliphatic carbocycles.